The van der Waals surface area contributed by atoms with Gasteiger partial charge in [0.15, 0.2) is 0 Å². The number of thiazole rings is 1. The van der Waals surface area contributed by atoms with E-state index in [1.165, 1.54) is 7.11 Å². The van der Waals surface area contributed by atoms with Gasteiger partial charge in [0.2, 0.25) is 0 Å². The Morgan fingerprint density at radius 1 is 1.27 bits per heavy atom. The molecule has 1 amide bonds. The first-order valence-corrected chi connectivity index (χ1v) is 9.06. The molecule has 0 radical (unpaired) electrons. The molecule has 1 aromatic carbocycles. The largest absolute Gasteiger partial charge is 0.465 e. The van der Waals surface area contributed by atoms with Crippen LogP contribution >= 0.6 is 11.3 Å². The normalized spacial score (nSPS) is 12.2. The molecule has 2 aromatic heterocycles. The van der Waals surface area contributed by atoms with Crippen molar-refractivity contribution >= 4 is 33.4 Å². The van der Waals surface area contributed by atoms with Gasteiger partial charge in [0.25, 0.3) is 5.91 Å². The summed E-state index contributed by atoms with van der Waals surface area (Å²) in [5.41, 5.74) is 2.97. The maximum absolute atomic E-state index is 13.0. The van der Waals surface area contributed by atoms with Gasteiger partial charge >= 0.3 is 5.97 Å². The van der Waals surface area contributed by atoms with E-state index in [2.05, 4.69) is 9.97 Å². The number of hydrogen-bond donors (Lipinski definition) is 1. The number of nitrogens with one attached hydrogen (secondary N) is 1. The van der Waals surface area contributed by atoms with E-state index < -0.39 is 5.97 Å². The third-order valence-electron chi connectivity index (χ3n) is 4.61. The summed E-state index contributed by atoms with van der Waals surface area (Å²) in [6, 6.07) is 7.72. The van der Waals surface area contributed by atoms with Crippen molar-refractivity contribution in [3.63, 3.8) is 0 Å². The van der Waals surface area contributed by atoms with Gasteiger partial charge in [-0.1, -0.05) is 12.1 Å². The smallest absolute Gasteiger partial charge is 0.339 e. The molecule has 3 aromatic rings. The maximum Gasteiger partial charge on any atom is 0.339 e. The van der Waals surface area contributed by atoms with Gasteiger partial charge in [-0.25, -0.2) is 9.78 Å². The lowest BCUT2D eigenvalue weighted by atomic mass is 10.1. The topological polar surface area (TPSA) is 75.3 Å². The Morgan fingerprint density at radius 2 is 1.96 bits per heavy atom. The van der Waals surface area contributed by atoms with Crippen molar-refractivity contribution in [1.29, 1.82) is 0 Å². The predicted molar refractivity (Wildman–Crippen MR) is 102 cm³/mol. The number of aromatic amines is 1. The Morgan fingerprint density at radius 3 is 2.62 bits per heavy atom. The maximum atomic E-state index is 13.0. The number of rotatable bonds is 4. The molecule has 1 N–H and O–H groups in total. The van der Waals surface area contributed by atoms with Gasteiger partial charge in [0, 0.05) is 12.7 Å². The average molecular weight is 371 g/mol. The standard InChI is InChI=1S/C19H21N3O3S/c1-10-15(19(24)25-5)11(2)20-16(10)18(23)22(4)12(3)17-21-13-8-6-7-9-14(13)26-17/h6-9,12,20H,1-5H3. The van der Waals surface area contributed by atoms with Gasteiger partial charge in [0.05, 0.1) is 28.9 Å². The second-order valence-electron chi connectivity index (χ2n) is 6.23. The van der Waals surface area contributed by atoms with Crippen molar-refractivity contribution in [1.82, 2.24) is 14.9 Å². The number of esters is 1. The molecule has 0 aliphatic carbocycles. The highest BCUT2D eigenvalue weighted by atomic mass is 32.1. The number of H-pyrrole nitrogens is 1. The SMILES string of the molecule is COC(=O)c1c(C)[nH]c(C(=O)N(C)C(C)c2nc3ccccc3s2)c1C. The lowest BCUT2D eigenvalue weighted by Crippen LogP contribution is -2.30. The third kappa shape index (κ3) is 2.99. The van der Waals surface area contributed by atoms with E-state index in [-0.39, 0.29) is 11.9 Å². The summed E-state index contributed by atoms with van der Waals surface area (Å²) in [5, 5.41) is 0.871. The van der Waals surface area contributed by atoms with E-state index in [4.69, 9.17) is 4.74 Å². The van der Waals surface area contributed by atoms with E-state index >= 15 is 0 Å². The Bertz CT molecular complexity index is 956. The van der Waals surface area contributed by atoms with Crippen molar-refractivity contribution in [3.8, 4) is 0 Å². The number of para-hydroxylation sites is 1. The predicted octanol–water partition coefficient (Wildman–Crippen LogP) is 3.86. The minimum Gasteiger partial charge on any atom is -0.465 e. The molecule has 0 saturated heterocycles. The van der Waals surface area contributed by atoms with E-state index in [0.29, 0.717) is 22.5 Å². The molecular formula is C19H21N3O3S. The number of hydrogen-bond acceptors (Lipinski definition) is 5. The van der Waals surface area contributed by atoms with Crippen LogP contribution in [0.4, 0.5) is 0 Å². The van der Waals surface area contributed by atoms with Crippen molar-refractivity contribution in [2.75, 3.05) is 14.2 Å². The monoisotopic (exact) mass is 371 g/mol. The first-order valence-electron chi connectivity index (χ1n) is 8.25. The zero-order valence-electron chi connectivity index (χ0n) is 15.4. The Labute approximate surface area is 155 Å². The Balaban J connectivity index is 1.91. The van der Waals surface area contributed by atoms with Crippen LogP contribution < -0.4 is 0 Å². The van der Waals surface area contributed by atoms with Crippen molar-refractivity contribution in [3.05, 3.63) is 51.8 Å². The molecule has 0 spiro atoms. The molecule has 136 valence electrons. The average Bonchev–Trinajstić information content (AvgIpc) is 3.20. The lowest BCUT2D eigenvalue weighted by Gasteiger charge is -2.23. The van der Waals surface area contributed by atoms with E-state index in [9.17, 15) is 9.59 Å². The number of aromatic nitrogens is 2. The van der Waals surface area contributed by atoms with E-state index in [1.807, 2.05) is 31.2 Å². The van der Waals surface area contributed by atoms with E-state index in [0.717, 1.165) is 15.2 Å². The molecule has 0 aliphatic heterocycles. The number of methoxy groups -OCH3 is 1. The van der Waals surface area contributed by atoms with Gasteiger partial charge in [-0.05, 0) is 38.5 Å². The number of carbonyl (C=O) groups excluding carboxylic acids is 2. The van der Waals surface area contributed by atoms with Gasteiger partial charge in [-0.3, -0.25) is 4.79 Å². The highest BCUT2D eigenvalue weighted by Gasteiger charge is 2.27. The number of fused-ring (bicyclic) bond motifs is 1. The van der Waals surface area contributed by atoms with Gasteiger partial charge < -0.3 is 14.6 Å². The van der Waals surface area contributed by atoms with Crippen LogP contribution in [0.2, 0.25) is 0 Å². The lowest BCUT2D eigenvalue weighted by molar-refractivity contribution is 0.0599. The number of nitrogens with zero attached hydrogens (tertiary/aromatic N) is 2. The van der Waals surface area contributed by atoms with Crippen molar-refractivity contribution in [2.24, 2.45) is 0 Å². The molecule has 0 fully saturated rings. The van der Waals surface area contributed by atoms with Crippen LogP contribution in [0.25, 0.3) is 10.2 Å². The summed E-state index contributed by atoms with van der Waals surface area (Å²) >= 11 is 1.58. The zero-order valence-corrected chi connectivity index (χ0v) is 16.2. The fourth-order valence-electron chi connectivity index (χ4n) is 2.96. The Hall–Kier alpha value is -2.67. The summed E-state index contributed by atoms with van der Waals surface area (Å²) in [6.45, 7) is 5.45. The van der Waals surface area contributed by atoms with Gasteiger partial charge in [-0.15, -0.1) is 11.3 Å². The highest BCUT2D eigenvalue weighted by molar-refractivity contribution is 7.18. The van der Waals surface area contributed by atoms with Crippen LogP contribution in [0, 0.1) is 13.8 Å². The fourth-order valence-corrected chi connectivity index (χ4v) is 4.02. The molecule has 2 heterocycles. The number of carbonyl (C=O) groups is 2. The summed E-state index contributed by atoms with van der Waals surface area (Å²) in [5.74, 6) is -0.635. The molecule has 0 bridgehead atoms. The summed E-state index contributed by atoms with van der Waals surface area (Å²) in [7, 11) is 3.07. The van der Waals surface area contributed by atoms with Crippen molar-refractivity contribution in [2.45, 2.75) is 26.8 Å². The number of ether oxygens (including phenoxy) is 1. The molecule has 0 saturated carbocycles. The molecule has 1 atom stereocenters. The van der Waals surface area contributed by atoms with Crippen LogP contribution in [0.3, 0.4) is 0 Å². The molecule has 1 unspecified atom stereocenters. The summed E-state index contributed by atoms with van der Waals surface area (Å²) in [6.07, 6.45) is 0. The number of amides is 1. The van der Waals surface area contributed by atoms with Gasteiger partial charge in [0.1, 0.15) is 10.7 Å². The minimum absolute atomic E-state index is 0.187. The summed E-state index contributed by atoms with van der Waals surface area (Å²) < 4.78 is 5.90. The Kier molecular flexibility index (Phi) is 4.82. The van der Waals surface area contributed by atoms with Crippen LogP contribution in [0.5, 0.6) is 0 Å². The number of aryl methyl sites for hydroxylation is 1. The zero-order chi connectivity index (χ0) is 19.0. The van der Waals surface area contributed by atoms with Crippen LogP contribution in [-0.4, -0.2) is 40.9 Å². The molecule has 7 heteroatoms. The molecule has 26 heavy (non-hydrogen) atoms. The van der Waals surface area contributed by atoms with Crippen LogP contribution in [-0.2, 0) is 4.74 Å². The minimum atomic E-state index is -0.447. The van der Waals surface area contributed by atoms with Crippen LogP contribution in [0.15, 0.2) is 24.3 Å². The second kappa shape index (κ2) is 6.92. The molecular weight excluding hydrogens is 350 g/mol. The van der Waals surface area contributed by atoms with Crippen molar-refractivity contribution < 1.29 is 14.3 Å². The molecule has 3 rings (SSSR count). The summed E-state index contributed by atoms with van der Waals surface area (Å²) in [4.78, 5) is 34.2. The first-order chi connectivity index (χ1) is 12.3. The van der Waals surface area contributed by atoms with Crippen LogP contribution in [0.1, 0.15) is 50.1 Å². The quantitative estimate of drug-likeness (QED) is 0.707. The number of benzene rings is 1. The van der Waals surface area contributed by atoms with Gasteiger partial charge in [-0.2, -0.15) is 0 Å². The third-order valence-corrected chi connectivity index (χ3v) is 5.82. The molecule has 6 nitrogen and oxygen atoms in total. The fraction of sp³-hybridized carbons (Fsp3) is 0.316. The second-order valence-corrected chi connectivity index (χ2v) is 7.29. The molecule has 0 aliphatic rings. The van der Waals surface area contributed by atoms with E-state index in [1.54, 1.807) is 37.1 Å². The highest BCUT2D eigenvalue weighted by Crippen LogP contribution is 2.30. The first kappa shape index (κ1) is 18.1.